The Morgan fingerprint density at radius 3 is 2.40 bits per heavy atom. The second-order valence-corrected chi connectivity index (χ2v) is 6.15. The highest BCUT2D eigenvalue weighted by Gasteiger charge is 2.15. The summed E-state index contributed by atoms with van der Waals surface area (Å²) in [5, 5.41) is 3.60. The third kappa shape index (κ3) is 3.83. The van der Waals surface area contributed by atoms with Gasteiger partial charge in [-0.1, -0.05) is 12.8 Å². The molecule has 3 nitrogen and oxygen atoms in total. The zero-order valence-corrected chi connectivity index (χ0v) is 13.5. The van der Waals surface area contributed by atoms with Gasteiger partial charge < -0.3 is 14.8 Å². The average molecular weight is 295 g/mol. The Morgan fingerprint density at radius 2 is 1.80 bits per heavy atom. The van der Waals surface area contributed by atoms with Crippen molar-refractivity contribution < 1.29 is 9.47 Å². The van der Waals surface area contributed by atoms with E-state index in [9.17, 15) is 0 Å². The van der Waals surface area contributed by atoms with Crippen molar-refractivity contribution in [1.82, 2.24) is 5.32 Å². The summed E-state index contributed by atoms with van der Waals surface area (Å²) in [6.07, 6.45) is 7.67. The second-order valence-electron chi connectivity index (χ2n) is 5.30. The van der Waals surface area contributed by atoms with Crippen LogP contribution in [0.4, 0.5) is 0 Å². The van der Waals surface area contributed by atoms with Gasteiger partial charge in [-0.25, -0.2) is 0 Å². The van der Waals surface area contributed by atoms with Gasteiger partial charge in [-0.3, -0.25) is 0 Å². The predicted molar refractivity (Wildman–Crippen MR) is 85.0 cm³/mol. The monoisotopic (exact) mass is 295 g/mol. The molecule has 1 aliphatic rings. The maximum atomic E-state index is 5.39. The maximum Gasteiger partial charge on any atom is 0.161 e. The molecular formula is C16H25NO2S. The fourth-order valence-corrected chi connectivity index (χ4v) is 3.47. The first kappa shape index (κ1) is 15.5. The molecule has 0 amide bonds. The summed E-state index contributed by atoms with van der Waals surface area (Å²) in [4.78, 5) is 1.25. The van der Waals surface area contributed by atoms with Crippen LogP contribution in [-0.4, -0.2) is 27.0 Å². The first-order chi connectivity index (χ1) is 9.78. The molecule has 0 atom stereocenters. The Kier molecular flexibility index (Phi) is 6.05. The highest BCUT2D eigenvalue weighted by molar-refractivity contribution is 7.98. The molecule has 1 N–H and O–H groups in total. The summed E-state index contributed by atoms with van der Waals surface area (Å²) >= 11 is 1.75. The molecule has 0 heterocycles. The molecule has 0 unspecified atom stereocenters. The number of rotatable bonds is 7. The lowest BCUT2D eigenvalue weighted by Crippen LogP contribution is -2.21. The van der Waals surface area contributed by atoms with Crippen LogP contribution in [0.5, 0.6) is 11.5 Å². The van der Waals surface area contributed by atoms with E-state index in [1.165, 1.54) is 36.1 Å². The maximum absolute atomic E-state index is 5.39. The number of hydrogen-bond donors (Lipinski definition) is 1. The summed E-state index contributed by atoms with van der Waals surface area (Å²) in [5.41, 5.74) is 1.29. The molecule has 1 aromatic rings. The minimum atomic E-state index is 0.802. The summed E-state index contributed by atoms with van der Waals surface area (Å²) in [5.74, 6) is 2.48. The standard InChI is InChI=1S/C16H25NO2S/c1-18-14-8-13(16(20-3)9-15(14)19-2)11-17-10-12-6-4-5-7-12/h8-9,12,17H,4-7,10-11H2,1-3H3. The van der Waals surface area contributed by atoms with Gasteiger partial charge in [0.1, 0.15) is 0 Å². The van der Waals surface area contributed by atoms with Crippen molar-refractivity contribution in [3.8, 4) is 11.5 Å². The topological polar surface area (TPSA) is 30.5 Å². The molecule has 20 heavy (non-hydrogen) atoms. The summed E-state index contributed by atoms with van der Waals surface area (Å²) < 4.78 is 10.8. The van der Waals surface area contributed by atoms with Crippen molar-refractivity contribution in [3.05, 3.63) is 17.7 Å². The van der Waals surface area contributed by atoms with Crippen molar-refractivity contribution in [3.63, 3.8) is 0 Å². The highest BCUT2D eigenvalue weighted by Crippen LogP contribution is 2.34. The van der Waals surface area contributed by atoms with Crippen LogP contribution >= 0.6 is 11.8 Å². The van der Waals surface area contributed by atoms with E-state index < -0.39 is 0 Å². The Balaban J connectivity index is 2.01. The molecule has 0 bridgehead atoms. The highest BCUT2D eigenvalue weighted by atomic mass is 32.2. The third-order valence-electron chi connectivity index (χ3n) is 4.01. The molecule has 1 fully saturated rings. The van der Waals surface area contributed by atoms with E-state index in [2.05, 4.69) is 23.7 Å². The van der Waals surface area contributed by atoms with Crippen LogP contribution in [0.3, 0.4) is 0 Å². The van der Waals surface area contributed by atoms with Gasteiger partial charge in [0.2, 0.25) is 0 Å². The van der Waals surface area contributed by atoms with E-state index in [1.54, 1.807) is 26.0 Å². The quantitative estimate of drug-likeness (QED) is 0.777. The van der Waals surface area contributed by atoms with Crippen molar-refractivity contribution in [2.45, 2.75) is 37.1 Å². The SMILES string of the molecule is COc1cc(CNCC2CCCC2)c(SC)cc1OC. The lowest BCUT2D eigenvalue weighted by atomic mass is 10.1. The van der Waals surface area contributed by atoms with Gasteiger partial charge in [-0.15, -0.1) is 11.8 Å². The van der Waals surface area contributed by atoms with E-state index in [1.807, 2.05) is 0 Å². The van der Waals surface area contributed by atoms with Crippen molar-refractivity contribution >= 4 is 11.8 Å². The lowest BCUT2D eigenvalue weighted by molar-refractivity contribution is 0.353. The molecule has 0 aromatic heterocycles. The number of benzene rings is 1. The number of thioether (sulfide) groups is 1. The van der Waals surface area contributed by atoms with Crippen LogP contribution in [0.25, 0.3) is 0 Å². The third-order valence-corrected chi connectivity index (χ3v) is 4.83. The summed E-state index contributed by atoms with van der Waals surface area (Å²) in [6, 6.07) is 4.16. The first-order valence-corrected chi connectivity index (χ1v) is 8.50. The van der Waals surface area contributed by atoms with Gasteiger partial charge in [0.25, 0.3) is 0 Å². The number of hydrogen-bond acceptors (Lipinski definition) is 4. The number of methoxy groups -OCH3 is 2. The summed E-state index contributed by atoms with van der Waals surface area (Å²) in [7, 11) is 3.37. The van der Waals surface area contributed by atoms with Gasteiger partial charge in [0, 0.05) is 11.4 Å². The van der Waals surface area contributed by atoms with Crippen LogP contribution in [0, 0.1) is 5.92 Å². The van der Waals surface area contributed by atoms with Crippen LogP contribution < -0.4 is 14.8 Å². The van der Waals surface area contributed by atoms with Gasteiger partial charge >= 0.3 is 0 Å². The summed E-state index contributed by atoms with van der Waals surface area (Å²) in [6.45, 7) is 2.02. The Morgan fingerprint density at radius 1 is 1.15 bits per heavy atom. The van der Waals surface area contributed by atoms with E-state index in [-0.39, 0.29) is 0 Å². The average Bonchev–Trinajstić information content (AvgIpc) is 2.99. The molecule has 2 rings (SSSR count). The van der Waals surface area contributed by atoms with Crippen molar-refractivity contribution in [2.24, 2.45) is 5.92 Å². The molecule has 4 heteroatoms. The van der Waals surface area contributed by atoms with Crippen LogP contribution in [0.1, 0.15) is 31.2 Å². The Labute approximate surface area is 126 Å². The molecular weight excluding hydrogens is 270 g/mol. The van der Waals surface area contributed by atoms with E-state index in [4.69, 9.17) is 9.47 Å². The zero-order chi connectivity index (χ0) is 14.4. The molecule has 0 radical (unpaired) electrons. The fraction of sp³-hybridized carbons (Fsp3) is 0.625. The van der Waals surface area contributed by atoms with E-state index >= 15 is 0 Å². The minimum Gasteiger partial charge on any atom is -0.493 e. The lowest BCUT2D eigenvalue weighted by Gasteiger charge is -2.15. The molecule has 1 aromatic carbocycles. The number of ether oxygens (including phenoxy) is 2. The molecule has 0 saturated heterocycles. The fourth-order valence-electron chi connectivity index (χ4n) is 2.86. The Hall–Kier alpha value is -0.870. The van der Waals surface area contributed by atoms with E-state index in [0.717, 1.165) is 30.5 Å². The molecule has 112 valence electrons. The minimum absolute atomic E-state index is 0.802. The molecule has 0 spiro atoms. The van der Waals surface area contributed by atoms with Crippen LogP contribution in [0.2, 0.25) is 0 Å². The van der Waals surface area contributed by atoms with Crippen LogP contribution in [-0.2, 0) is 6.54 Å². The zero-order valence-electron chi connectivity index (χ0n) is 12.7. The molecule has 1 saturated carbocycles. The normalized spacial score (nSPS) is 15.6. The van der Waals surface area contributed by atoms with Gasteiger partial charge in [0.15, 0.2) is 11.5 Å². The van der Waals surface area contributed by atoms with Gasteiger partial charge in [-0.05, 0) is 49.3 Å². The van der Waals surface area contributed by atoms with Crippen molar-refractivity contribution in [2.75, 3.05) is 27.0 Å². The second kappa shape index (κ2) is 7.79. The van der Waals surface area contributed by atoms with Gasteiger partial charge in [0.05, 0.1) is 14.2 Å². The van der Waals surface area contributed by atoms with Crippen LogP contribution in [0.15, 0.2) is 17.0 Å². The smallest absolute Gasteiger partial charge is 0.161 e. The van der Waals surface area contributed by atoms with E-state index in [0.29, 0.717) is 0 Å². The largest absolute Gasteiger partial charge is 0.493 e. The predicted octanol–water partition coefficient (Wildman–Crippen LogP) is 3.71. The number of nitrogens with one attached hydrogen (secondary N) is 1. The first-order valence-electron chi connectivity index (χ1n) is 7.28. The molecule has 0 aliphatic heterocycles. The molecule has 1 aliphatic carbocycles. The van der Waals surface area contributed by atoms with Gasteiger partial charge in [-0.2, -0.15) is 0 Å². The Bertz CT molecular complexity index is 431. The van der Waals surface area contributed by atoms with Crippen molar-refractivity contribution in [1.29, 1.82) is 0 Å².